The number of nitrogen functional groups attached to an aromatic ring is 1. The second-order valence-corrected chi connectivity index (χ2v) is 5.71. The molecule has 1 unspecified atom stereocenters. The zero-order chi connectivity index (χ0) is 13.1. The zero-order valence-corrected chi connectivity index (χ0v) is 12.1. The summed E-state index contributed by atoms with van der Waals surface area (Å²) in [4.78, 5) is 0. The van der Waals surface area contributed by atoms with Crippen molar-refractivity contribution in [2.45, 2.75) is 38.4 Å². The van der Waals surface area contributed by atoms with Crippen LogP contribution in [0.25, 0.3) is 0 Å². The van der Waals surface area contributed by atoms with Crippen molar-refractivity contribution in [3.05, 3.63) is 28.2 Å². The smallest absolute Gasteiger partial charge is 0.0811 e. The van der Waals surface area contributed by atoms with E-state index in [2.05, 4.69) is 15.9 Å². The molecule has 0 fully saturated rings. The number of anilines is 1. The second kappa shape index (κ2) is 5.85. The van der Waals surface area contributed by atoms with E-state index in [4.69, 9.17) is 10.5 Å². The molecule has 1 atom stereocenters. The fourth-order valence-corrected chi connectivity index (χ4v) is 1.95. The Labute approximate surface area is 111 Å². The first-order valence-corrected chi connectivity index (χ1v) is 6.43. The van der Waals surface area contributed by atoms with Crippen LogP contribution in [-0.4, -0.2) is 17.8 Å². The molecule has 17 heavy (non-hydrogen) atoms. The molecule has 0 amide bonds. The zero-order valence-electron chi connectivity index (χ0n) is 10.5. The molecule has 0 saturated heterocycles. The Balaban J connectivity index is 2.70. The third kappa shape index (κ3) is 4.30. The molecule has 0 saturated carbocycles. The molecule has 3 N–H and O–H groups in total. The molecular weight excluding hydrogens is 282 g/mol. The van der Waals surface area contributed by atoms with Gasteiger partial charge in [0.15, 0.2) is 0 Å². The van der Waals surface area contributed by atoms with Gasteiger partial charge >= 0.3 is 0 Å². The number of rotatable bonds is 5. The Kier molecular flexibility index (Phi) is 4.98. The van der Waals surface area contributed by atoms with E-state index in [0.29, 0.717) is 12.1 Å². The molecule has 0 radical (unpaired) electrons. The van der Waals surface area contributed by atoms with Crippen molar-refractivity contribution in [2.75, 3.05) is 12.8 Å². The van der Waals surface area contributed by atoms with E-state index in [9.17, 15) is 5.11 Å². The third-order valence-electron chi connectivity index (χ3n) is 2.98. The number of ether oxygens (including phenoxy) is 1. The predicted molar refractivity (Wildman–Crippen MR) is 73.8 cm³/mol. The summed E-state index contributed by atoms with van der Waals surface area (Å²) in [7, 11) is 1.68. The summed E-state index contributed by atoms with van der Waals surface area (Å²) < 4.78 is 6.25. The predicted octanol–water partition coefficient (Wildman–Crippen LogP) is 3.27. The minimum absolute atomic E-state index is 0.220. The van der Waals surface area contributed by atoms with Crippen LogP contribution in [0.4, 0.5) is 5.69 Å². The monoisotopic (exact) mass is 301 g/mol. The average Bonchev–Trinajstić information content (AvgIpc) is 2.29. The Morgan fingerprint density at radius 3 is 2.71 bits per heavy atom. The van der Waals surface area contributed by atoms with E-state index in [-0.39, 0.29) is 5.60 Å². The molecule has 1 aromatic rings. The molecule has 0 aliphatic rings. The lowest BCUT2D eigenvalue weighted by Gasteiger charge is -2.24. The standard InChI is InChI=1S/C13H20BrNO2/c1-13(2,17-3)7-6-12(16)10-8-9(14)4-5-11(10)15/h4-5,8,12,16H,6-7,15H2,1-3H3. The van der Waals surface area contributed by atoms with Crippen molar-refractivity contribution in [2.24, 2.45) is 0 Å². The largest absolute Gasteiger partial charge is 0.398 e. The van der Waals surface area contributed by atoms with Gasteiger partial charge in [-0.3, -0.25) is 0 Å². The van der Waals surface area contributed by atoms with Crippen molar-refractivity contribution >= 4 is 21.6 Å². The van der Waals surface area contributed by atoms with E-state index in [0.717, 1.165) is 16.5 Å². The van der Waals surface area contributed by atoms with Crippen LogP contribution in [-0.2, 0) is 4.74 Å². The molecule has 4 heteroatoms. The number of aliphatic hydroxyl groups is 1. The summed E-state index contributed by atoms with van der Waals surface area (Å²) in [6.45, 7) is 4.01. The lowest BCUT2D eigenvalue weighted by atomic mass is 9.96. The van der Waals surface area contributed by atoms with Crippen LogP contribution in [0, 0.1) is 0 Å². The number of aliphatic hydroxyl groups excluding tert-OH is 1. The van der Waals surface area contributed by atoms with Crippen LogP contribution in [0.5, 0.6) is 0 Å². The minimum Gasteiger partial charge on any atom is -0.398 e. The van der Waals surface area contributed by atoms with E-state index in [1.165, 1.54) is 0 Å². The topological polar surface area (TPSA) is 55.5 Å². The van der Waals surface area contributed by atoms with E-state index in [1.54, 1.807) is 13.2 Å². The van der Waals surface area contributed by atoms with Gasteiger partial charge in [-0.2, -0.15) is 0 Å². The summed E-state index contributed by atoms with van der Waals surface area (Å²) in [6.07, 6.45) is 0.847. The third-order valence-corrected chi connectivity index (χ3v) is 3.47. The van der Waals surface area contributed by atoms with E-state index < -0.39 is 6.10 Å². The number of methoxy groups -OCH3 is 1. The number of hydrogen-bond acceptors (Lipinski definition) is 3. The lowest BCUT2D eigenvalue weighted by Crippen LogP contribution is -2.23. The molecule has 0 aromatic heterocycles. The van der Waals surface area contributed by atoms with Gasteiger partial charge < -0.3 is 15.6 Å². The molecule has 0 aliphatic heterocycles. The van der Waals surface area contributed by atoms with Gasteiger partial charge in [0, 0.05) is 22.8 Å². The van der Waals surface area contributed by atoms with E-state index in [1.807, 2.05) is 26.0 Å². The SMILES string of the molecule is COC(C)(C)CCC(O)c1cc(Br)ccc1N. The van der Waals surface area contributed by atoms with E-state index >= 15 is 0 Å². The maximum Gasteiger partial charge on any atom is 0.0811 e. The van der Waals surface area contributed by atoms with Gasteiger partial charge in [-0.05, 0) is 44.9 Å². The highest BCUT2D eigenvalue weighted by Gasteiger charge is 2.20. The fourth-order valence-electron chi connectivity index (χ4n) is 1.58. The van der Waals surface area contributed by atoms with Gasteiger partial charge in [0.05, 0.1) is 11.7 Å². The van der Waals surface area contributed by atoms with Gasteiger partial charge in [-0.15, -0.1) is 0 Å². The molecule has 3 nitrogen and oxygen atoms in total. The summed E-state index contributed by atoms with van der Waals surface area (Å²) in [5, 5.41) is 10.1. The molecule has 0 heterocycles. The highest BCUT2D eigenvalue weighted by Crippen LogP contribution is 2.29. The Hall–Kier alpha value is -0.580. The molecule has 1 aromatic carbocycles. The molecule has 1 rings (SSSR count). The molecule has 0 bridgehead atoms. The van der Waals surface area contributed by atoms with Gasteiger partial charge in [0.2, 0.25) is 0 Å². The maximum atomic E-state index is 10.1. The summed E-state index contributed by atoms with van der Waals surface area (Å²) in [5.74, 6) is 0. The summed E-state index contributed by atoms with van der Waals surface area (Å²) in [5.41, 5.74) is 7.02. The van der Waals surface area contributed by atoms with Crippen LogP contribution in [0.2, 0.25) is 0 Å². The Morgan fingerprint density at radius 1 is 1.47 bits per heavy atom. The van der Waals surface area contributed by atoms with Gasteiger partial charge in [-0.25, -0.2) is 0 Å². The lowest BCUT2D eigenvalue weighted by molar-refractivity contribution is 0.00284. The van der Waals surface area contributed by atoms with Gasteiger partial charge in [-0.1, -0.05) is 15.9 Å². The Morgan fingerprint density at radius 2 is 2.12 bits per heavy atom. The van der Waals surface area contributed by atoms with Crippen molar-refractivity contribution in [1.82, 2.24) is 0 Å². The number of hydrogen-bond donors (Lipinski definition) is 2. The van der Waals surface area contributed by atoms with Crippen LogP contribution < -0.4 is 5.73 Å². The molecule has 96 valence electrons. The summed E-state index contributed by atoms with van der Waals surface area (Å²) >= 11 is 3.38. The minimum atomic E-state index is -0.554. The average molecular weight is 302 g/mol. The highest BCUT2D eigenvalue weighted by atomic mass is 79.9. The number of nitrogens with two attached hydrogens (primary N) is 1. The van der Waals surface area contributed by atoms with Crippen molar-refractivity contribution in [3.63, 3.8) is 0 Å². The normalized spacial score (nSPS) is 13.7. The first-order valence-electron chi connectivity index (χ1n) is 5.64. The summed E-state index contributed by atoms with van der Waals surface area (Å²) in [6, 6.07) is 5.52. The van der Waals surface area contributed by atoms with Crippen LogP contribution >= 0.6 is 15.9 Å². The number of halogens is 1. The maximum absolute atomic E-state index is 10.1. The number of benzene rings is 1. The van der Waals surface area contributed by atoms with Crippen molar-refractivity contribution in [1.29, 1.82) is 0 Å². The molecule has 0 aliphatic carbocycles. The van der Waals surface area contributed by atoms with Crippen molar-refractivity contribution in [3.8, 4) is 0 Å². The highest BCUT2D eigenvalue weighted by molar-refractivity contribution is 9.10. The van der Waals surface area contributed by atoms with Gasteiger partial charge in [0.1, 0.15) is 0 Å². The van der Waals surface area contributed by atoms with Crippen LogP contribution in [0.1, 0.15) is 38.4 Å². The first-order chi connectivity index (χ1) is 7.85. The molecular formula is C13H20BrNO2. The quantitative estimate of drug-likeness (QED) is 0.821. The van der Waals surface area contributed by atoms with Gasteiger partial charge in [0.25, 0.3) is 0 Å². The first kappa shape index (κ1) is 14.5. The van der Waals surface area contributed by atoms with Crippen LogP contribution in [0.15, 0.2) is 22.7 Å². The fraction of sp³-hybridized carbons (Fsp3) is 0.538. The second-order valence-electron chi connectivity index (χ2n) is 4.79. The Bertz CT molecular complexity index is 380. The van der Waals surface area contributed by atoms with Crippen molar-refractivity contribution < 1.29 is 9.84 Å². The van der Waals surface area contributed by atoms with Crippen LogP contribution in [0.3, 0.4) is 0 Å². The molecule has 0 spiro atoms.